The smallest absolute Gasteiger partial charge is 0.157 e. The molecule has 174 valence electrons. The Labute approximate surface area is 196 Å². The van der Waals surface area contributed by atoms with Crippen molar-refractivity contribution < 1.29 is 13.9 Å². The zero-order valence-electron chi connectivity index (χ0n) is 18.7. The fraction of sp³-hybridized carbons (Fsp3) is 0.320. The molecule has 3 aromatic heterocycles. The van der Waals surface area contributed by atoms with Crippen LogP contribution in [0.4, 0.5) is 10.2 Å². The molecule has 1 aliphatic heterocycles. The summed E-state index contributed by atoms with van der Waals surface area (Å²) >= 11 is 0. The molecular weight excluding hydrogens is 435 g/mol. The van der Waals surface area contributed by atoms with E-state index in [9.17, 15) is 4.39 Å². The number of halogens is 1. The van der Waals surface area contributed by atoms with E-state index >= 15 is 0 Å². The molecule has 1 saturated carbocycles. The number of para-hydroxylation sites is 1. The first kappa shape index (κ1) is 20.9. The average molecular weight is 461 g/mol. The van der Waals surface area contributed by atoms with Crippen LogP contribution in [0.25, 0.3) is 17.0 Å². The summed E-state index contributed by atoms with van der Waals surface area (Å²) in [5, 5.41) is 11.2. The summed E-state index contributed by atoms with van der Waals surface area (Å²) < 4.78 is 27.7. The second kappa shape index (κ2) is 8.57. The predicted octanol–water partition coefficient (Wildman–Crippen LogP) is 4.19. The molecule has 2 unspecified atom stereocenters. The van der Waals surface area contributed by atoms with E-state index in [1.54, 1.807) is 23.9 Å². The van der Waals surface area contributed by atoms with E-state index in [4.69, 9.17) is 19.6 Å². The van der Waals surface area contributed by atoms with Gasteiger partial charge in [0.1, 0.15) is 40.6 Å². The number of hydrogen-bond acceptors (Lipinski definition) is 7. The van der Waals surface area contributed by atoms with Gasteiger partial charge in [-0.2, -0.15) is 5.10 Å². The molecule has 2 fully saturated rings. The van der Waals surface area contributed by atoms with Gasteiger partial charge in [-0.1, -0.05) is 18.2 Å². The topological polar surface area (TPSA) is 85.6 Å². The lowest BCUT2D eigenvalue weighted by Crippen LogP contribution is -2.29. The Bertz CT molecular complexity index is 1320. The molecule has 0 bridgehead atoms. The highest BCUT2D eigenvalue weighted by Crippen LogP contribution is 2.43. The SMILES string of the molecule is COc1cc2ncc(-c3cc(Oc4ccccc4)cc(NC4CNCC4F)n3)n2nc1C1CC1. The van der Waals surface area contributed by atoms with Crippen LogP contribution in [-0.4, -0.2) is 52.0 Å². The van der Waals surface area contributed by atoms with Crippen LogP contribution in [0.5, 0.6) is 17.2 Å². The summed E-state index contributed by atoms with van der Waals surface area (Å²) in [5.41, 5.74) is 2.96. The molecule has 2 N–H and O–H groups in total. The van der Waals surface area contributed by atoms with Crippen molar-refractivity contribution in [3.05, 3.63) is 60.4 Å². The molecule has 4 heterocycles. The Morgan fingerprint density at radius 3 is 2.68 bits per heavy atom. The number of aromatic nitrogens is 4. The van der Waals surface area contributed by atoms with Crippen molar-refractivity contribution in [2.24, 2.45) is 0 Å². The van der Waals surface area contributed by atoms with E-state index in [-0.39, 0.29) is 6.04 Å². The lowest BCUT2D eigenvalue weighted by Gasteiger charge is -2.17. The Morgan fingerprint density at radius 2 is 1.94 bits per heavy atom. The molecule has 6 rings (SSSR count). The van der Waals surface area contributed by atoms with Gasteiger partial charge in [-0.15, -0.1) is 0 Å². The van der Waals surface area contributed by atoms with Gasteiger partial charge in [-0.3, -0.25) is 0 Å². The van der Waals surface area contributed by atoms with Crippen LogP contribution in [0.3, 0.4) is 0 Å². The normalized spacial score (nSPS) is 19.9. The molecule has 0 radical (unpaired) electrons. The van der Waals surface area contributed by atoms with Crippen molar-refractivity contribution in [2.75, 3.05) is 25.5 Å². The summed E-state index contributed by atoms with van der Waals surface area (Å²) in [4.78, 5) is 9.31. The quantitative estimate of drug-likeness (QED) is 0.428. The second-order valence-corrected chi connectivity index (χ2v) is 8.70. The summed E-state index contributed by atoms with van der Waals surface area (Å²) in [7, 11) is 1.66. The van der Waals surface area contributed by atoms with Gasteiger partial charge in [-0.25, -0.2) is 18.9 Å². The first-order valence-corrected chi connectivity index (χ1v) is 11.5. The zero-order chi connectivity index (χ0) is 23.1. The van der Waals surface area contributed by atoms with Gasteiger partial charge in [0.2, 0.25) is 0 Å². The van der Waals surface area contributed by atoms with Crippen LogP contribution in [0.15, 0.2) is 54.7 Å². The number of rotatable bonds is 7. The predicted molar refractivity (Wildman–Crippen MR) is 126 cm³/mol. The highest BCUT2D eigenvalue weighted by atomic mass is 19.1. The van der Waals surface area contributed by atoms with Crippen LogP contribution >= 0.6 is 0 Å². The van der Waals surface area contributed by atoms with Crippen molar-refractivity contribution in [2.45, 2.75) is 31.0 Å². The molecule has 0 amide bonds. The van der Waals surface area contributed by atoms with Gasteiger partial charge in [0.05, 0.1) is 25.0 Å². The highest BCUT2D eigenvalue weighted by Gasteiger charge is 2.30. The molecule has 1 aliphatic carbocycles. The van der Waals surface area contributed by atoms with Gasteiger partial charge in [0.15, 0.2) is 5.65 Å². The van der Waals surface area contributed by atoms with Crippen molar-refractivity contribution in [1.82, 2.24) is 24.9 Å². The van der Waals surface area contributed by atoms with E-state index in [1.807, 2.05) is 42.5 Å². The number of ether oxygens (including phenoxy) is 2. The molecule has 34 heavy (non-hydrogen) atoms. The minimum Gasteiger partial charge on any atom is -0.495 e. The first-order valence-electron chi connectivity index (χ1n) is 11.5. The van der Waals surface area contributed by atoms with Crippen molar-refractivity contribution in [3.63, 3.8) is 0 Å². The standard InChI is InChI=1S/C25H25FN6O2/c1-33-22-11-24-28-14-21(32(24)31-25(22)15-7-8-15)19-9-17(34-16-5-3-2-4-6-16)10-23(29-19)30-20-13-27-12-18(20)26/h2-6,9-11,14-15,18,20,27H,7-8,12-13H2,1H3,(H,29,30). The molecule has 2 aliphatic rings. The summed E-state index contributed by atoms with van der Waals surface area (Å²) in [5.74, 6) is 2.99. The fourth-order valence-corrected chi connectivity index (χ4v) is 4.26. The van der Waals surface area contributed by atoms with Crippen LogP contribution < -0.4 is 20.1 Å². The molecule has 4 aromatic rings. The van der Waals surface area contributed by atoms with Gasteiger partial charge < -0.3 is 20.1 Å². The molecular formula is C25H25FN6O2. The first-order chi connectivity index (χ1) is 16.7. The number of hydrogen-bond donors (Lipinski definition) is 2. The minimum absolute atomic E-state index is 0.327. The summed E-state index contributed by atoms with van der Waals surface area (Å²) in [6.07, 6.45) is 2.96. The van der Waals surface area contributed by atoms with Crippen LogP contribution in [0.2, 0.25) is 0 Å². The maximum Gasteiger partial charge on any atom is 0.157 e. The third-order valence-electron chi connectivity index (χ3n) is 6.18. The number of pyridine rings is 1. The van der Waals surface area contributed by atoms with Crippen molar-refractivity contribution >= 4 is 11.5 Å². The van der Waals surface area contributed by atoms with E-state index in [0.29, 0.717) is 47.7 Å². The van der Waals surface area contributed by atoms with E-state index in [0.717, 1.165) is 30.0 Å². The van der Waals surface area contributed by atoms with Crippen LogP contribution in [0.1, 0.15) is 24.5 Å². The molecule has 1 aromatic carbocycles. The van der Waals surface area contributed by atoms with Gasteiger partial charge in [-0.05, 0) is 25.0 Å². The van der Waals surface area contributed by atoms with Gasteiger partial charge in [0, 0.05) is 37.2 Å². The van der Waals surface area contributed by atoms with E-state index in [1.165, 1.54) is 0 Å². The van der Waals surface area contributed by atoms with Gasteiger partial charge >= 0.3 is 0 Å². The molecule has 2 atom stereocenters. The average Bonchev–Trinajstić information content (AvgIpc) is 3.50. The van der Waals surface area contributed by atoms with E-state index in [2.05, 4.69) is 15.6 Å². The van der Waals surface area contributed by atoms with Crippen molar-refractivity contribution in [1.29, 1.82) is 0 Å². The van der Waals surface area contributed by atoms with Gasteiger partial charge in [0.25, 0.3) is 0 Å². The maximum absolute atomic E-state index is 14.3. The largest absolute Gasteiger partial charge is 0.495 e. The number of nitrogens with one attached hydrogen (secondary N) is 2. The summed E-state index contributed by atoms with van der Waals surface area (Å²) in [6, 6.07) is 14.7. The highest BCUT2D eigenvalue weighted by molar-refractivity contribution is 5.65. The number of fused-ring (bicyclic) bond motifs is 1. The monoisotopic (exact) mass is 460 g/mol. The van der Waals surface area contributed by atoms with Crippen molar-refractivity contribution in [3.8, 4) is 28.6 Å². The lowest BCUT2D eigenvalue weighted by atomic mass is 10.2. The molecule has 1 saturated heterocycles. The van der Waals surface area contributed by atoms with E-state index < -0.39 is 6.17 Å². The number of methoxy groups -OCH3 is 1. The number of nitrogens with zero attached hydrogens (tertiary/aromatic N) is 4. The summed E-state index contributed by atoms with van der Waals surface area (Å²) in [6.45, 7) is 0.858. The third-order valence-corrected chi connectivity index (χ3v) is 6.18. The molecule has 0 spiro atoms. The zero-order valence-corrected chi connectivity index (χ0v) is 18.7. The number of benzene rings is 1. The van der Waals surface area contributed by atoms with Crippen LogP contribution in [-0.2, 0) is 0 Å². The number of anilines is 1. The Morgan fingerprint density at radius 1 is 1.09 bits per heavy atom. The Hall–Kier alpha value is -3.72. The Kier molecular flexibility index (Phi) is 5.26. The number of alkyl halides is 1. The Balaban J connectivity index is 1.43. The number of imidazole rings is 1. The molecule has 8 nitrogen and oxygen atoms in total. The van der Waals surface area contributed by atoms with Crippen LogP contribution in [0, 0.1) is 0 Å². The second-order valence-electron chi connectivity index (χ2n) is 8.70. The fourth-order valence-electron chi connectivity index (χ4n) is 4.26. The lowest BCUT2D eigenvalue weighted by molar-refractivity contribution is 0.342. The third kappa shape index (κ3) is 4.03. The molecule has 9 heteroatoms. The maximum atomic E-state index is 14.3. The minimum atomic E-state index is -0.991.